The molecule has 1 aromatic rings. The van der Waals surface area contributed by atoms with Crippen LogP contribution in [0.25, 0.3) is 0 Å². The first kappa shape index (κ1) is 21.2. The van der Waals surface area contributed by atoms with Crippen LogP contribution in [0, 0.1) is 5.82 Å². The van der Waals surface area contributed by atoms with E-state index in [1.807, 2.05) is 0 Å². The Bertz CT molecular complexity index is 634. The SMILES string of the molecule is CC(C)(C)OC(=O)NCCC(=O)NCC1(c2ccc(F)cc2)CCOCC1. The number of nitrogens with one attached hydrogen (secondary N) is 2. The fraction of sp³-hybridized carbons (Fsp3) is 0.600. The van der Waals surface area contributed by atoms with Crippen LogP contribution in [0.1, 0.15) is 45.6 Å². The maximum Gasteiger partial charge on any atom is 0.407 e. The van der Waals surface area contributed by atoms with Gasteiger partial charge in [0.25, 0.3) is 0 Å². The fourth-order valence-electron chi connectivity index (χ4n) is 3.08. The zero-order chi connectivity index (χ0) is 19.9. The highest BCUT2D eigenvalue weighted by Crippen LogP contribution is 2.34. The second kappa shape index (κ2) is 9.17. The lowest BCUT2D eigenvalue weighted by Crippen LogP contribution is -2.45. The van der Waals surface area contributed by atoms with Crippen molar-refractivity contribution >= 4 is 12.0 Å². The standard InChI is InChI=1S/C20H29FN2O4/c1-19(2,3)27-18(25)22-11-8-17(24)23-14-20(9-12-26-13-10-20)15-4-6-16(21)7-5-15/h4-7H,8-14H2,1-3H3,(H,22,25)(H,23,24). The minimum atomic E-state index is -0.572. The van der Waals surface area contributed by atoms with E-state index in [9.17, 15) is 14.0 Å². The van der Waals surface area contributed by atoms with Crippen molar-refractivity contribution in [3.8, 4) is 0 Å². The van der Waals surface area contributed by atoms with Crippen molar-refractivity contribution in [2.45, 2.75) is 51.0 Å². The zero-order valence-electron chi connectivity index (χ0n) is 16.3. The van der Waals surface area contributed by atoms with Crippen LogP contribution in [-0.4, -0.2) is 43.9 Å². The third kappa shape index (κ3) is 6.82. The van der Waals surface area contributed by atoms with E-state index in [1.54, 1.807) is 32.9 Å². The number of carbonyl (C=O) groups excluding carboxylic acids is 2. The Labute approximate surface area is 159 Å². The van der Waals surface area contributed by atoms with Crippen molar-refractivity contribution in [1.82, 2.24) is 10.6 Å². The molecule has 0 aliphatic carbocycles. The quantitative estimate of drug-likeness (QED) is 0.796. The summed E-state index contributed by atoms with van der Waals surface area (Å²) in [5, 5.41) is 5.52. The number of hydrogen-bond acceptors (Lipinski definition) is 4. The third-order valence-electron chi connectivity index (χ3n) is 4.55. The van der Waals surface area contributed by atoms with Gasteiger partial charge in [-0.1, -0.05) is 12.1 Å². The van der Waals surface area contributed by atoms with Gasteiger partial charge in [0, 0.05) is 38.1 Å². The highest BCUT2D eigenvalue weighted by Gasteiger charge is 2.34. The third-order valence-corrected chi connectivity index (χ3v) is 4.55. The van der Waals surface area contributed by atoms with Crippen molar-refractivity contribution in [3.63, 3.8) is 0 Å². The molecule has 150 valence electrons. The molecule has 1 aliphatic heterocycles. The van der Waals surface area contributed by atoms with E-state index in [2.05, 4.69) is 10.6 Å². The van der Waals surface area contributed by atoms with Gasteiger partial charge in [0.05, 0.1) is 0 Å². The Morgan fingerprint density at radius 3 is 2.37 bits per heavy atom. The van der Waals surface area contributed by atoms with Crippen LogP contribution in [0.2, 0.25) is 0 Å². The Balaban J connectivity index is 1.85. The molecule has 0 unspecified atom stereocenters. The van der Waals surface area contributed by atoms with Gasteiger partial charge >= 0.3 is 6.09 Å². The fourth-order valence-corrected chi connectivity index (χ4v) is 3.08. The lowest BCUT2D eigenvalue weighted by molar-refractivity contribution is -0.121. The van der Waals surface area contributed by atoms with Crippen molar-refractivity contribution in [1.29, 1.82) is 0 Å². The molecule has 2 rings (SSSR count). The van der Waals surface area contributed by atoms with Crippen LogP contribution in [-0.2, 0) is 19.7 Å². The molecule has 2 amide bonds. The molecular formula is C20H29FN2O4. The maximum absolute atomic E-state index is 13.3. The van der Waals surface area contributed by atoms with E-state index in [1.165, 1.54) is 12.1 Å². The predicted octanol–water partition coefficient (Wildman–Crippen LogP) is 2.90. The average molecular weight is 380 g/mol. The van der Waals surface area contributed by atoms with Gasteiger partial charge in [0.15, 0.2) is 0 Å². The van der Waals surface area contributed by atoms with E-state index in [4.69, 9.17) is 9.47 Å². The van der Waals surface area contributed by atoms with E-state index in [0.29, 0.717) is 19.8 Å². The van der Waals surface area contributed by atoms with Crippen molar-refractivity contribution in [2.75, 3.05) is 26.3 Å². The van der Waals surface area contributed by atoms with Gasteiger partial charge in [-0.05, 0) is 51.3 Å². The first-order valence-corrected chi connectivity index (χ1v) is 9.28. The first-order valence-electron chi connectivity index (χ1n) is 9.28. The summed E-state index contributed by atoms with van der Waals surface area (Å²) in [4.78, 5) is 23.8. The number of carbonyl (C=O) groups is 2. The minimum Gasteiger partial charge on any atom is -0.444 e. The van der Waals surface area contributed by atoms with Gasteiger partial charge in [-0.2, -0.15) is 0 Å². The number of halogens is 1. The van der Waals surface area contributed by atoms with Crippen molar-refractivity contribution in [3.05, 3.63) is 35.6 Å². The van der Waals surface area contributed by atoms with E-state index in [0.717, 1.165) is 18.4 Å². The number of alkyl carbamates (subject to hydrolysis) is 1. The molecule has 0 saturated carbocycles. The minimum absolute atomic E-state index is 0.154. The second-order valence-corrected chi connectivity index (χ2v) is 7.85. The normalized spacial score (nSPS) is 16.4. The van der Waals surface area contributed by atoms with Gasteiger partial charge in [-0.15, -0.1) is 0 Å². The summed E-state index contributed by atoms with van der Waals surface area (Å²) in [5.74, 6) is -0.433. The molecular weight excluding hydrogens is 351 g/mol. The van der Waals surface area contributed by atoms with Crippen molar-refractivity contribution < 1.29 is 23.5 Å². The van der Waals surface area contributed by atoms with E-state index in [-0.39, 0.29) is 30.1 Å². The molecule has 0 spiro atoms. The summed E-state index contributed by atoms with van der Waals surface area (Å²) >= 11 is 0. The Morgan fingerprint density at radius 2 is 1.78 bits per heavy atom. The van der Waals surface area contributed by atoms with Crippen LogP contribution in [0.15, 0.2) is 24.3 Å². The number of rotatable bonds is 6. The van der Waals surface area contributed by atoms with Crippen LogP contribution < -0.4 is 10.6 Å². The van der Waals surface area contributed by atoms with Crippen LogP contribution in [0.5, 0.6) is 0 Å². The van der Waals surface area contributed by atoms with Crippen LogP contribution in [0.3, 0.4) is 0 Å². The summed E-state index contributed by atoms with van der Waals surface area (Å²) in [6, 6.07) is 6.44. The van der Waals surface area contributed by atoms with Crippen LogP contribution >= 0.6 is 0 Å². The summed E-state index contributed by atoms with van der Waals surface area (Å²) < 4.78 is 23.9. The van der Waals surface area contributed by atoms with Crippen LogP contribution in [0.4, 0.5) is 9.18 Å². The Hall–Kier alpha value is -2.15. The molecule has 0 aromatic heterocycles. The molecule has 7 heteroatoms. The predicted molar refractivity (Wildman–Crippen MR) is 100.0 cm³/mol. The highest BCUT2D eigenvalue weighted by molar-refractivity contribution is 5.77. The summed E-state index contributed by atoms with van der Waals surface area (Å²) in [6.07, 6.45) is 1.14. The maximum atomic E-state index is 13.3. The molecule has 27 heavy (non-hydrogen) atoms. The van der Waals surface area contributed by atoms with E-state index < -0.39 is 11.7 Å². The molecule has 1 aromatic carbocycles. The number of ether oxygens (including phenoxy) is 2. The summed E-state index contributed by atoms with van der Waals surface area (Å²) in [5.41, 5.74) is 0.163. The first-order chi connectivity index (χ1) is 12.7. The molecule has 0 atom stereocenters. The molecule has 1 saturated heterocycles. The second-order valence-electron chi connectivity index (χ2n) is 7.85. The number of hydrogen-bond donors (Lipinski definition) is 2. The molecule has 1 aliphatic rings. The summed E-state index contributed by atoms with van der Waals surface area (Å²) in [7, 11) is 0. The molecule has 0 radical (unpaired) electrons. The Morgan fingerprint density at radius 1 is 1.15 bits per heavy atom. The topological polar surface area (TPSA) is 76.7 Å². The molecule has 1 heterocycles. The average Bonchev–Trinajstić information content (AvgIpc) is 2.60. The Kier molecular flexibility index (Phi) is 7.18. The number of amides is 2. The van der Waals surface area contributed by atoms with Gasteiger partial charge < -0.3 is 20.1 Å². The van der Waals surface area contributed by atoms with Gasteiger partial charge in [-0.25, -0.2) is 9.18 Å². The monoisotopic (exact) mass is 380 g/mol. The molecule has 0 bridgehead atoms. The number of benzene rings is 1. The summed E-state index contributed by atoms with van der Waals surface area (Å²) in [6.45, 7) is 7.20. The smallest absolute Gasteiger partial charge is 0.407 e. The van der Waals surface area contributed by atoms with E-state index >= 15 is 0 Å². The van der Waals surface area contributed by atoms with Gasteiger partial charge in [0.2, 0.25) is 5.91 Å². The lowest BCUT2D eigenvalue weighted by atomic mass is 9.74. The zero-order valence-corrected chi connectivity index (χ0v) is 16.3. The molecule has 2 N–H and O–H groups in total. The largest absolute Gasteiger partial charge is 0.444 e. The highest BCUT2D eigenvalue weighted by atomic mass is 19.1. The van der Waals surface area contributed by atoms with Crippen molar-refractivity contribution in [2.24, 2.45) is 0 Å². The molecule has 1 fully saturated rings. The molecule has 6 nitrogen and oxygen atoms in total. The lowest BCUT2D eigenvalue weighted by Gasteiger charge is -2.38. The van der Waals surface area contributed by atoms with Gasteiger partial charge in [0.1, 0.15) is 11.4 Å². The van der Waals surface area contributed by atoms with Gasteiger partial charge in [-0.3, -0.25) is 4.79 Å².